The van der Waals surface area contributed by atoms with Crippen LogP contribution in [0.5, 0.6) is 0 Å². The van der Waals surface area contributed by atoms with Gasteiger partial charge in [0.15, 0.2) is 0 Å². The number of amides is 1. The van der Waals surface area contributed by atoms with E-state index in [4.69, 9.17) is 4.74 Å². The van der Waals surface area contributed by atoms with Gasteiger partial charge in [-0.25, -0.2) is 9.78 Å². The van der Waals surface area contributed by atoms with Crippen LogP contribution >= 0.6 is 0 Å². The molecule has 0 fully saturated rings. The number of fused-ring (bicyclic) bond motifs is 1. The number of ether oxygens (including phenoxy) is 1. The SMILES string of the molecule is CC(C)(C)OC(=O)N1CC(C)(C)c2cc(/C=C/n3ccnc3)ccc21. The highest BCUT2D eigenvalue weighted by Crippen LogP contribution is 2.41. The van der Waals surface area contributed by atoms with Crippen molar-refractivity contribution in [2.45, 2.75) is 45.6 Å². The fraction of sp³-hybridized carbons (Fsp3) is 0.400. The van der Waals surface area contributed by atoms with Gasteiger partial charge in [0.25, 0.3) is 0 Å². The molecule has 2 heterocycles. The molecular formula is C20H25N3O2. The largest absolute Gasteiger partial charge is 0.443 e. The summed E-state index contributed by atoms with van der Waals surface area (Å²) in [6, 6.07) is 6.17. The number of hydrogen-bond acceptors (Lipinski definition) is 3. The van der Waals surface area contributed by atoms with Crippen molar-refractivity contribution < 1.29 is 9.53 Å². The zero-order valence-electron chi connectivity index (χ0n) is 15.5. The second kappa shape index (κ2) is 6.06. The fourth-order valence-corrected chi connectivity index (χ4v) is 3.01. The Kier molecular flexibility index (Phi) is 4.19. The van der Waals surface area contributed by atoms with Crippen molar-refractivity contribution in [3.05, 3.63) is 48.0 Å². The molecule has 1 amide bonds. The molecule has 2 aromatic rings. The summed E-state index contributed by atoms with van der Waals surface area (Å²) in [5, 5.41) is 0. The molecule has 0 radical (unpaired) electrons. The molecule has 0 atom stereocenters. The van der Waals surface area contributed by atoms with Crippen LogP contribution in [-0.2, 0) is 10.2 Å². The summed E-state index contributed by atoms with van der Waals surface area (Å²) in [5.41, 5.74) is 2.56. The van der Waals surface area contributed by atoms with Crippen molar-refractivity contribution >= 4 is 24.1 Å². The summed E-state index contributed by atoms with van der Waals surface area (Å²) in [7, 11) is 0. The van der Waals surface area contributed by atoms with E-state index in [0.29, 0.717) is 6.54 Å². The summed E-state index contributed by atoms with van der Waals surface area (Å²) < 4.78 is 7.46. The molecule has 0 spiro atoms. The highest BCUT2D eigenvalue weighted by atomic mass is 16.6. The van der Waals surface area contributed by atoms with Crippen LogP contribution in [0.15, 0.2) is 36.9 Å². The minimum Gasteiger partial charge on any atom is -0.443 e. The van der Waals surface area contributed by atoms with Crippen molar-refractivity contribution in [2.75, 3.05) is 11.4 Å². The Morgan fingerprint density at radius 1 is 1.32 bits per heavy atom. The molecule has 25 heavy (non-hydrogen) atoms. The molecule has 0 aliphatic carbocycles. The van der Waals surface area contributed by atoms with E-state index in [2.05, 4.69) is 24.9 Å². The van der Waals surface area contributed by atoms with Crippen LogP contribution in [0.4, 0.5) is 10.5 Å². The van der Waals surface area contributed by atoms with Gasteiger partial charge in [0, 0.05) is 30.6 Å². The van der Waals surface area contributed by atoms with Gasteiger partial charge in [-0.1, -0.05) is 19.9 Å². The maximum absolute atomic E-state index is 12.6. The van der Waals surface area contributed by atoms with E-state index in [1.807, 2.05) is 55.9 Å². The van der Waals surface area contributed by atoms with Gasteiger partial charge in [0.2, 0.25) is 0 Å². The zero-order chi connectivity index (χ0) is 18.2. The second-order valence-electron chi connectivity index (χ2n) is 8.05. The lowest BCUT2D eigenvalue weighted by Crippen LogP contribution is -2.38. The van der Waals surface area contributed by atoms with Crippen LogP contribution in [0.3, 0.4) is 0 Å². The first kappa shape index (κ1) is 17.3. The predicted molar refractivity (Wildman–Crippen MR) is 100 cm³/mol. The number of benzene rings is 1. The van der Waals surface area contributed by atoms with E-state index < -0.39 is 5.60 Å². The highest BCUT2D eigenvalue weighted by Gasteiger charge is 2.39. The third-order valence-corrected chi connectivity index (χ3v) is 4.17. The Labute approximate surface area is 148 Å². The quantitative estimate of drug-likeness (QED) is 0.807. The zero-order valence-corrected chi connectivity index (χ0v) is 15.5. The molecule has 1 aromatic carbocycles. The normalized spacial score (nSPS) is 16.3. The smallest absolute Gasteiger partial charge is 0.414 e. The summed E-state index contributed by atoms with van der Waals surface area (Å²) in [5.74, 6) is 0. The number of aromatic nitrogens is 2. The highest BCUT2D eigenvalue weighted by molar-refractivity contribution is 5.92. The first-order valence-corrected chi connectivity index (χ1v) is 8.46. The van der Waals surface area contributed by atoms with Gasteiger partial charge in [0.05, 0.1) is 12.0 Å². The van der Waals surface area contributed by atoms with Crippen molar-refractivity contribution in [3.63, 3.8) is 0 Å². The lowest BCUT2D eigenvalue weighted by Gasteiger charge is -2.25. The van der Waals surface area contributed by atoms with E-state index in [-0.39, 0.29) is 11.5 Å². The van der Waals surface area contributed by atoms with Gasteiger partial charge in [-0.15, -0.1) is 0 Å². The molecule has 3 rings (SSSR count). The monoisotopic (exact) mass is 339 g/mol. The molecule has 0 saturated carbocycles. The van der Waals surface area contributed by atoms with E-state index in [1.165, 1.54) is 0 Å². The van der Waals surface area contributed by atoms with Crippen LogP contribution in [0.2, 0.25) is 0 Å². The summed E-state index contributed by atoms with van der Waals surface area (Å²) in [6.07, 6.45) is 9.09. The van der Waals surface area contributed by atoms with E-state index in [9.17, 15) is 4.79 Å². The molecule has 1 aliphatic rings. The summed E-state index contributed by atoms with van der Waals surface area (Å²) in [6.45, 7) is 10.6. The van der Waals surface area contributed by atoms with Crippen molar-refractivity contribution in [2.24, 2.45) is 0 Å². The summed E-state index contributed by atoms with van der Waals surface area (Å²) >= 11 is 0. The Hall–Kier alpha value is -2.56. The Bertz CT molecular complexity index is 799. The van der Waals surface area contributed by atoms with Gasteiger partial charge in [-0.2, -0.15) is 0 Å². The van der Waals surface area contributed by atoms with Crippen LogP contribution in [-0.4, -0.2) is 27.8 Å². The van der Waals surface area contributed by atoms with Gasteiger partial charge in [-0.3, -0.25) is 4.90 Å². The van der Waals surface area contributed by atoms with Crippen LogP contribution in [0.1, 0.15) is 45.7 Å². The topological polar surface area (TPSA) is 47.4 Å². The third-order valence-electron chi connectivity index (χ3n) is 4.17. The maximum Gasteiger partial charge on any atom is 0.414 e. The Morgan fingerprint density at radius 2 is 2.08 bits per heavy atom. The van der Waals surface area contributed by atoms with Gasteiger partial charge in [-0.05, 0) is 50.1 Å². The fourth-order valence-electron chi connectivity index (χ4n) is 3.01. The molecule has 0 unspecified atom stereocenters. The number of nitrogens with zero attached hydrogens (tertiary/aromatic N) is 3. The lowest BCUT2D eigenvalue weighted by molar-refractivity contribution is 0.0579. The number of anilines is 1. The van der Waals surface area contributed by atoms with E-state index >= 15 is 0 Å². The van der Waals surface area contributed by atoms with Gasteiger partial charge >= 0.3 is 6.09 Å². The number of carbonyl (C=O) groups is 1. The van der Waals surface area contributed by atoms with Crippen LogP contribution in [0.25, 0.3) is 12.3 Å². The maximum atomic E-state index is 12.6. The molecule has 5 heteroatoms. The average molecular weight is 339 g/mol. The second-order valence-corrected chi connectivity index (χ2v) is 8.05. The number of imidazole rings is 1. The number of carbonyl (C=O) groups excluding carboxylic acids is 1. The van der Waals surface area contributed by atoms with Crippen molar-refractivity contribution in [1.82, 2.24) is 9.55 Å². The predicted octanol–water partition coefficient (Wildman–Crippen LogP) is 4.54. The molecule has 0 N–H and O–H groups in total. The molecule has 1 aromatic heterocycles. The Morgan fingerprint density at radius 3 is 2.72 bits per heavy atom. The van der Waals surface area contributed by atoms with E-state index in [1.54, 1.807) is 17.4 Å². The van der Waals surface area contributed by atoms with Gasteiger partial charge in [0.1, 0.15) is 5.60 Å². The first-order chi connectivity index (χ1) is 11.7. The number of hydrogen-bond donors (Lipinski definition) is 0. The van der Waals surface area contributed by atoms with E-state index in [0.717, 1.165) is 16.8 Å². The third kappa shape index (κ3) is 3.76. The van der Waals surface area contributed by atoms with Crippen LogP contribution in [0, 0.1) is 0 Å². The minimum absolute atomic E-state index is 0.120. The summed E-state index contributed by atoms with van der Waals surface area (Å²) in [4.78, 5) is 18.3. The molecule has 0 bridgehead atoms. The van der Waals surface area contributed by atoms with Gasteiger partial charge < -0.3 is 9.30 Å². The number of rotatable bonds is 2. The lowest BCUT2D eigenvalue weighted by atomic mass is 9.86. The molecule has 1 aliphatic heterocycles. The van der Waals surface area contributed by atoms with Crippen LogP contribution < -0.4 is 4.90 Å². The first-order valence-electron chi connectivity index (χ1n) is 8.46. The minimum atomic E-state index is -0.503. The van der Waals surface area contributed by atoms with Crippen molar-refractivity contribution in [3.8, 4) is 0 Å². The Balaban J connectivity index is 1.89. The average Bonchev–Trinajstić information content (AvgIpc) is 3.10. The molecule has 5 nitrogen and oxygen atoms in total. The molecule has 0 saturated heterocycles. The van der Waals surface area contributed by atoms with Crippen molar-refractivity contribution in [1.29, 1.82) is 0 Å². The molecular weight excluding hydrogens is 314 g/mol. The standard InChI is InChI=1S/C20H25N3O2/c1-19(2,3)25-18(24)23-13-20(4,5)16-12-15(6-7-17(16)23)8-10-22-11-9-21-14-22/h6-12,14H,13H2,1-5H3/b10-8+. The molecule has 132 valence electrons.